The summed E-state index contributed by atoms with van der Waals surface area (Å²) in [5.41, 5.74) is 2.80. The van der Waals surface area contributed by atoms with Crippen LogP contribution in [0.3, 0.4) is 0 Å². The van der Waals surface area contributed by atoms with E-state index in [0.29, 0.717) is 12.0 Å². The molecule has 0 unspecified atom stereocenters. The van der Waals surface area contributed by atoms with Crippen molar-refractivity contribution in [3.05, 3.63) is 39.7 Å². The average molecular weight is 330 g/mol. The number of thiazole rings is 1. The molecule has 0 bridgehead atoms. The molecule has 0 saturated carbocycles. The van der Waals surface area contributed by atoms with E-state index in [1.54, 1.807) is 5.51 Å². The Hall–Kier alpha value is -1.71. The molecule has 2 N–H and O–H groups in total. The van der Waals surface area contributed by atoms with Crippen molar-refractivity contribution in [1.29, 1.82) is 0 Å². The van der Waals surface area contributed by atoms with Gasteiger partial charge in [0.15, 0.2) is 0 Å². The van der Waals surface area contributed by atoms with E-state index in [2.05, 4.69) is 9.71 Å². The minimum Gasteiger partial charge on any atom is -0.475 e. The molecule has 0 aliphatic carbocycles. The predicted molar refractivity (Wildman–Crippen MR) is 76.8 cm³/mol. The Morgan fingerprint density at radius 1 is 1.52 bits per heavy atom. The number of hydrogen-bond acceptors (Lipinski definition) is 6. The van der Waals surface area contributed by atoms with Crippen molar-refractivity contribution < 1.29 is 22.7 Å². The van der Waals surface area contributed by atoms with Crippen molar-refractivity contribution in [3.63, 3.8) is 0 Å². The molecule has 7 nitrogen and oxygen atoms in total. The Morgan fingerprint density at radius 3 is 2.90 bits per heavy atom. The van der Waals surface area contributed by atoms with Crippen LogP contribution in [0.15, 0.2) is 22.3 Å². The fourth-order valence-electron chi connectivity index (χ4n) is 1.72. The summed E-state index contributed by atoms with van der Waals surface area (Å²) in [6.45, 7) is 1.72. The number of carboxylic acid groups (broad SMARTS) is 1. The topological polar surface area (TPSA) is 110 Å². The minimum atomic E-state index is -3.50. The number of sulfonamides is 1. The Morgan fingerprint density at radius 2 is 2.29 bits per heavy atom. The molecule has 2 rings (SSSR count). The van der Waals surface area contributed by atoms with Gasteiger partial charge < -0.3 is 9.52 Å². The van der Waals surface area contributed by atoms with Crippen molar-refractivity contribution in [2.75, 3.05) is 5.75 Å². The van der Waals surface area contributed by atoms with E-state index >= 15 is 0 Å². The molecule has 114 valence electrons. The number of carboxylic acids is 1. The third-order valence-electron chi connectivity index (χ3n) is 2.87. The maximum Gasteiger partial charge on any atom is 0.372 e. The second kappa shape index (κ2) is 6.37. The zero-order valence-electron chi connectivity index (χ0n) is 11.2. The number of nitrogens with one attached hydrogen (secondary N) is 1. The van der Waals surface area contributed by atoms with Crippen LogP contribution in [0.4, 0.5) is 0 Å². The maximum absolute atomic E-state index is 11.9. The van der Waals surface area contributed by atoms with Gasteiger partial charge in [-0.2, -0.15) is 0 Å². The van der Waals surface area contributed by atoms with Crippen LogP contribution in [0, 0.1) is 6.92 Å². The largest absolute Gasteiger partial charge is 0.475 e. The number of aryl methyl sites for hydroxylation is 2. The fourth-order valence-corrected chi connectivity index (χ4v) is 3.62. The smallest absolute Gasteiger partial charge is 0.372 e. The van der Waals surface area contributed by atoms with Crippen LogP contribution < -0.4 is 4.72 Å². The van der Waals surface area contributed by atoms with Crippen molar-refractivity contribution in [2.24, 2.45) is 0 Å². The summed E-state index contributed by atoms with van der Waals surface area (Å²) in [4.78, 5) is 15.8. The van der Waals surface area contributed by atoms with Crippen molar-refractivity contribution in [2.45, 2.75) is 19.9 Å². The second-order valence-electron chi connectivity index (χ2n) is 4.33. The summed E-state index contributed by atoms with van der Waals surface area (Å²) in [6.07, 6.45) is 1.59. The number of rotatable bonds is 7. The normalized spacial score (nSPS) is 11.7. The van der Waals surface area contributed by atoms with Crippen LogP contribution in [-0.4, -0.2) is 30.2 Å². The molecule has 0 aromatic carbocycles. The Bertz CT molecular complexity index is 732. The first-order chi connectivity index (χ1) is 9.89. The van der Waals surface area contributed by atoms with Crippen LogP contribution in [0.1, 0.15) is 26.7 Å². The van der Waals surface area contributed by atoms with Crippen LogP contribution >= 0.6 is 11.3 Å². The third-order valence-corrected chi connectivity index (χ3v) is 5.19. The zero-order chi connectivity index (χ0) is 15.5. The van der Waals surface area contributed by atoms with E-state index in [1.807, 2.05) is 6.92 Å². The quantitative estimate of drug-likeness (QED) is 0.794. The van der Waals surface area contributed by atoms with E-state index in [9.17, 15) is 13.2 Å². The van der Waals surface area contributed by atoms with Gasteiger partial charge >= 0.3 is 5.97 Å². The summed E-state index contributed by atoms with van der Waals surface area (Å²) in [6, 6.07) is 1.43. The number of aromatic nitrogens is 1. The highest BCUT2D eigenvalue weighted by atomic mass is 32.2. The molecule has 0 spiro atoms. The van der Waals surface area contributed by atoms with Gasteiger partial charge in [0.05, 0.1) is 23.2 Å². The number of nitrogens with zero attached hydrogens (tertiary/aromatic N) is 1. The molecule has 0 aliphatic heterocycles. The monoisotopic (exact) mass is 330 g/mol. The molecule has 0 aliphatic rings. The standard InChI is InChI=1S/C12H14N2O5S2/c1-8-10(20-7-13-8)3-5-21(17,18)14-6-9-2-4-19-11(9)12(15)16/h2,4,7,14H,3,5-6H2,1H3,(H,15,16). The van der Waals surface area contributed by atoms with Crippen LogP contribution in [0.5, 0.6) is 0 Å². The van der Waals surface area contributed by atoms with Crippen molar-refractivity contribution >= 4 is 27.3 Å². The van der Waals surface area contributed by atoms with E-state index in [4.69, 9.17) is 9.52 Å². The zero-order valence-corrected chi connectivity index (χ0v) is 12.8. The van der Waals surface area contributed by atoms with Crippen molar-refractivity contribution in [1.82, 2.24) is 9.71 Å². The van der Waals surface area contributed by atoms with Crippen molar-refractivity contribution in [3.8, 4) is 0 Å². The van der Waals surface area contributed by atoms with Crippen LogP contribution in [-0.2, 0) is 23.0 Å². The van der Waals surface area contributed by atoms with Gasteiger partial charge in [0.2, 0.25) is 15.8 Å². The highest BCUT2D eigenvalue weighted by Gasteiger charge is 2.17. The highest BCUT2D eigenvalue weighted by molar-refractivity contribution is 7.89. The molecule has 2 aromatic heterocycles. The van der Waals surface area contributed by atoms with Crippen LogP contribution in [0.2, 0.25) is 0 Å². The summed E-state index contributed by atoms with van der Waals surface area (Å²) < 4.78 is 31.0. The molecule has 0 fully saturated rings. The van der Waals surface area contributed by atoms with E-state index in [1.165, 1.54) is 23.7 Å². The molecule has 0 radical (unpaired) electrons. The number of carbonyl (C=O) groups is 1. The number of hydrogen-bond donors (Lipinski definition) is 2. The van der Waals surface area contributed by atoms with Gasteiger partial charge in [-0.15, -0.1) is 11.3 Å². The maximum atomic E-state index is 11.9. The lowest BCUT2D eigenvalue weighted by molar-refractivity contribution is 0.0660. The van der Waals surface area contributed by atoms with E-state index < -0.39 is 16.0 Å². The lowest BCUT2D eigenvalue weighted by Crippen LogP contribution is -2.27. The lowest BCUT2D eigenvalue weighted by Gasteiger charge is -2.05. The third kappa shape index (κ3) is 4.13. The molecule has 0 saturated heterocycles. The summed E-state index contributed by atoms with van der Waals surface area (Å²) in [5.74, 6) is -1.55. The summed E-state index contributed by atoms with van der Waals surface area (Å²) >= 11 is 1.42. The minimum absolute atomic E-state index is 0.0731. The molecule has 0 amide bonds. The number of aromatic carboxylic acids is 1. The van der Waals surface area contributed by atoms with Gasteiger partial charge in [0.1, 0.15) is 0 Å². The first-order valence-electron chi connectivity index (χ1n) is 6.05. The molecule has 0 atom stereocenters. The fraction of sp³-hybridized carbons (Fsp3) is 0.333. The lowest BCUT2D eigenvalue weighted by atomic mass is 10.2. The van der Waals surface area contributed by atoms with Gasteiger partial charge in [-0.05, 0) is 19.4 Å². The molecule has 2 aromatic rings. The molecular formula is C12H14N2O5S2. The molecular weight excluding hydrogens is 316 g/mol. The number of furan rings is 1. The predicted octanol–water partition coefficient (Wildman–Crippen LogP) is 1.40. The van der Waals surface area contributed by atoms with Crippen LogP contribution in [0.25, 0.3) is 0 Å². The van der Waals surface area contributed by atoms with Gasteiger partial charge in [-0.25, -0.2) is 22.9 Å². The van der Waals surface area contributed by atoms with Gasteiger partial charge in [-0.1, -0.05) is 0 Å². The molecule has 9 heteroatoms. The summed E-state index contributed by atoms with van der Waals surface area (Å²) in [7, 11) is -3.50. The van der Waals surface area contributed by atoms with E-state index in [0.717, 1.165) is 10.6 Å². The first kappa shape index (κ1) is 15.7. The Kier molecular flexibility index (Phi) is 4.76. The SMILES string of the molecule is Cc1ncsc1CCS(=O)(=O)NCc1ccoc1C(=O)O. The average Bonchev–Trinajstić information content (AvgIpc) is 3.03. The van der Waals surface area contributed by atoms with E-state index in [-0.39, 0.29) is 18.1 Å². The Labute approximate surface area is 125 Å². The Balaban J connectivity index is 1.94. The second-order valence-corrected chi connectivity index (χ2v) is 7.20. The van der Waals surface area contributed by atoms with Gasteiger partial charge in [-0.3, -0.25) is 0 Å². The first-order valence-corrected chi connectivity index (χ1v) is 8.58. The van der Waals surface area contributed by atoms with Gasteiger partial charge in [0, 0.05) is 17.0 Å². The highest BCUT2D eigenvalue weighted by Crippen LogP contribution is 2.14. The van der Waals surface area contributed by atoms with Gasteiger partial charge in [0.25, 0.3) is 0 Å². The summed E-state index contributed by atoms with van der Waals surface area (Å²) in [5, 5.41) is 8.87. The molecule has 2 heterocycles. The molecule has 21 heavy (non-hydrogen) atoms.